The number of rotatable bonds is 6. The molecular formula is C14H23ClFN3O. The molecule has 114 valence electrons. The van der Waals surface area contributed by atoms with Gasteiger partial charge in [-0.1, -0.05) is 11.6 Å². The van der Waals surface area contributed by atoms with Crippen LogP contribution in [-0.2, 0) is 0 Å². The second-order valence-corrected chi connectivity index (χ2v) is 5.66. The van der Waals surface area contributed by atoms with Crippen LogP contribution in [0.3, 0.4) is 0 Å². The zero-order valence-electron chi connectivity index (χ0n) is 12.4. The van der Waals surface area contributed by atoms with Gasteiger partial charge < -0.3 is 16.2 Å². The van der Waals surface area contributed by atoms with Crippen molar-refractivity contribution >= 4 is 23.0 Å². The molecule has 0 bridgehead atoms. The molecule has 0 aliphatic heterocycles. The van der Waals surface area contributed by atoms with Crippen LogP contribution in [0.5, 0.6) is 5.75 Å². The average Bonchev–Trinajstić information content (AvgIpc) is 2.34. The molecule has 1 aromatic carbocycles. The topological polar surface area (TPSA) is 64.5 Å². The highest BCUT2D eigenvalue weighted by Crippen LogP contribution is 2.35. The van der Waals surface area contributed by atoms with Crippen molar-refractivity contribution in [1.82, 2.24) is 4.90 Å². The van der Waals surface area contributed by atoms with Crippen LogP contribution in [0.25, 0.3) is 0 Å². The van der Waals surface area contributed by atoms with E-state index < -0.39 is 5.82 Å². The van der Waals surface area contributed by atoms with Gasteiger partial charge in [-0.15, -0.1) is 0 Å². The van der Waals surface area contributed by atoms with Crippen molar-refractivity contribution in [2.45, 2.75) is 39.8 Å². The predicted molar refractivity (Wildman–Crippen MR) is 82.7 cm³/mol. The van der Waals surface area contributed by atoms with Gasteiger partial charge in [0.05, 0.1) is 11.4 Å². The van der Waals surface area contributed by atoms with E-state index in [-0.39, 0.29) is 22.1 Å². The molecule has 0 radical (unpaired) electrons. The number of ether oxygens (including phenoxy) is 1. The Hall–Kier alpha value is -1.20. The Morgan fingerprint density at radius 2 is 1.75 bits per heavy atom. The highest BCUT2D eigenvalue weighted by atomic mass is 35.5. The Kier molecular flexibility index (Phi) is 5.89. The first kappa shape index (κ1) is 16.9. The van der Waals surface area contributed by atoms with E-state index in [1.54, 1.807) is 0 Å². The van der Waals surface area contributed by atoms with Crippen molar-refractivity contribution in [2.24, 2.45) is 0 Å². The number of hydrogen-bond donors (Lipinski definition) is 2. The molecule has 0 aliphatic rings. The molecule has 20 heavy (non-hydrogen) atoms. The summed E-state index contributed by atoms with van der Waals surface area (Å²) in [6.45, 7) is 9.43. The maximum Gasteiger partial charge on any atom is 0.187 e. The summed E-state index contributed by atoms with van der Waals surface area (Å²) in [4.78, 5) is 2.24. The summed E-state index contributed by atoms with van der Waals surface area (Å²) in [5, 5.41) is -0.154. The van der Waals surface area contributed by atoms with Crippen molar-refractivity contribution in [1.29, 1.82) is 0 Å². The summed E-state index contributed by atoms with van der Waals surface area (Å²) >= 11 is 5.75. The molecule has 0 atom stereocenters. The molecule has 0 saturated carbocycles. The molecule has 4 N–H and O–H groups in total. The molecule has 0 fully saturated rings. The van der Waals surface area contributed by atoms with E-state index in [9.17, 15) is 4.39 Å². The number of hydrogen-bond acceptors (Lipinski definition) is 4. The van der Waals surface area contributed by atoms with Gasteiger partial charge in [0, 0.05) is 18.6 Å². The normalized spacial score (nSPS) is 11.7. The van der Waals surface area contributed by atoms with Crippen LogP contribution in [0.15, 0.2) is 6.07 Å². The number of benzene rings is 1. The highest BCUT2D eigenvalue weighted by molar-refractivity contribution is 6.33. The zero-order valence-corrected chi connectivity index (χ0v) is 13.2. The quantitative estimate of drug-likeness (QED) is 0.792. The summed E-state index contributed by atoms with van der Waals surface area (Å²) < 4.78 is 19.4. The van der Waals surface area contributed by atoms with Gasteiger partial charge in [0.1, 0.15) is 11.6 Å². The maximum atomic E-state index is 13.9. The summed E-state index contributed by atoms with van der Waals surface area (Å²) in [7, 11) is 0. The Balaban J connectivity index is 2.74. The number of nitrogens with zero attached hydrogens (tertiary/aromatic N) is 1. The lowest BCUT2D eigenvalue weighted by Crippen LogP contribution is -2.39. The third-order valence-corrected chi connectivity index (χ3v) is 3.53. The van der Waals surface area contributed by atoms with Crippen molar-refractivity contribution in [3.8, 4) is 5.75 Å². The highest BCUT2D eigenvalue weighted by Gasteiger charge is 2.17. The van der Waals surface area contributed by atoms with E-state index in [2.05, 4.69) is 32.6 Å². The van der Waals surface area contributed by atoms with E-state index in [1.165, 1.54) is 6.07 Å². The summed E-state index contributed by atoms with van der Waals surface area (Å²) in [6, 6.07) is 2.18. The molecule has 4 nitrogen and oxygen atoms in total. The van der Waals surface area contributed by atoms with Crippen molar-refractivity contribution in [2.75, 3.05) is 24.6 Å². The summed E-state index contributed by atoms with van der Waals surface area (Å²) in [5.74, 6) is -0.735. The molecule has 1 rings (SSSR count). The van der Waals surface area contributed by atoms with E-state index in [0.29, 0.717) is 25.2 Å². The minimum Gasteiger partial charge on any atom is -0.487 e. The van der Waals surface area contributed by atoms with Gasteiger partial charge in [-0.2, -0.15) is 0 Å². The van der Waals surface area contributed by atoms with Crippen LogP contribution in [0, 0.1) is 5.82 Å². The van der Waals surface area contributed by atoms with Gasteiger partial charge in [0.2, 0.25) is 0 Å². The first-order valence-electron chi connectivity index (χ1n) is 6.67. The SMILES string of the molecule is CC(C)N(CCOc1c(N)cc(N)c(Cl)c1F)C(C)C. The lowest BCUT2D eigenvalue weighted by molar-refractivity contribution is 0.140. The van der Waals surface area contributed by atoms with Crippen LogP contribution in [-0.4, -0.2) is 30.1 Å². The Morgan fingerprint density at radius 3 is 2.25 bits per heavy atom. The van der Waals surface area contributed by atoms with Gasteiger partial charge in [0.25, 0.3) is 0 Å². The molecule has 0 saturated heterocycles. The predicted octanol–water partition coefficient (Wildman–Crippen LogP) is 3.14. The lowest BCUT2D eigenvalue weighted by atomic mass is 10.2. The van der Waals surface area contributed by atoms with Crippen LogP contribution < -0.4 is 16.2 Å². The summed E-state index contributed by atoms with van der Waals surface area (Å²) in [6.07, 6.45) is 0. The Labute approximate surface area is 124 Å². The van der Waals surface area contributed by atoms with E-state index >= 15 is 0 Å². The molecule has 0 amide bonds. The average molecular weight is 304 g/mol. The minimum atomic E-state index is -0.704. The molecular weight excluding hydrogens is 281 g/mol. The van der Waals surface area contributed by atoms with Gasteiger partial charge in [-0.25, -0.2) is 4.39 Å². The van der Waals surface area contributed by atoms with Crippen LogP contribution in [0.4, 0.5) is 15.8 Å². The van der Waals surface area contributed by atoms with Crippen molar-refractivity contribution < 1.29 is 9.13 Å². The third-order valence-electron chi connectivity index (χ3n) is 3.14. The molecule has 0 heterocycles. The van der Waals surface area contributed by atoms with Crippen LogP contribution in [0.2, 0.25) is 5.02 Å². The first-order valence-corrected chi connectivity index (χ1v) is 7.05. The number of anilines is 2. The summed E-state index contributed by atoms with van der Waals surface area (Å²) in [5.41, 5.74) is 11.5. The van der Waals surface area contributed by atoms with E-state index in [0.717, 1.165) is 0 Å². The first-order chi connectivity index (χ1) is 9.25. The monoisotopic (exact) mass is 303 g/mol. The maximum absolute atomic E-state index is 13.9. The minimum absolute atomic E-state index is 0.0309. The molecule has 1 aromatic rings. The van der Waals surface area contributed by atoms with Gasteiger partial charge >= 0.3 is 0 Å². The second-order valence-electron chi connectivity index (χ2n) is 5.29. The van der Waals surface area contributed by atoms with Crippen LogP contribution >= 0.6 is 11.6 Å². The third kappa shape index (κ3) is 3.90. The number of nitrogens with two attached hydrogens (primary N) is 2. The standard InChI is InChI=1S/C14H23ClFN3O/c1-8(2)19(9(3)4)5-6-20-14-11(18)7-10(17)12(15)13(14)16/h7-9H,5-6,17-18H2,1-4H3. The van der Waals surface area contributed by atoms with E-state index in [4.69, 9.17) is 27.8 Å². The number of nitrogen functional groups attached to an aromatic ring is 2. The van der Waals surface area contributed by atoms with Gasteiger partial charge in [-0.3, -0.25) is 4.90 Å². The smallest absolute Gasteiger partial charge is 0.187 e. The number of halogens is 2. The Bertz CT molecular complexity index is 458. The molecule has 0 unspecified atom stereocenters. The fourth-order valence-electron chi connectivity index (χ4n) is 2.16. The van der Waals surface area contributed by atoms with Gasteiger partial charge in [-0.05, 0) is 33.8 Å². The zero-order chi connectivity index (χ0) is 15.4. The van der Waals surface area contributed by atoms with Crippen molar-refractivity contribution in [3.63, 3.8) is 0 Å². The largest absolute Gasteiger partial charge is 0.487 e. The van der Waals surface area contributed by atoms with Gasteiger partial charge in [0.15, 0.2) is 11.6 Å². The molecule has 0 aliphatic carbocycles. The van der Waals surface area contributed by atoms with Crippen LogP contribution in [0.1, 0.15) is 27.7 Å². The molecule has 6 heteroatoms. The fraction of sp³-hybridized carbons (Fsp3) is 0.571. The fourth-order valence-corrected chi connectivity index (χ4v) is 2.30. The molecule has 0 aromatic heterocycles. The van der Waals surface area contributed by atoms with E-state index in [1.807, 2.05) is 0 Å². The second kappa shape index (κ2) is 6.99. The lowest BCUT2D eigenvalue weighted by Gasteiger charge is -2.30. The molecule has 0 spiro atoms. The Morgan fingerprint density at radius 1 is 1.20 bits per heavy atom. The van der Waals surface area contributed by atoms with Crippen molar-refractivity contribution in [3.05, 3.63) is 16.9 Å².